The van der Waals surface area contributed by atoms with Crippen molar-refractivity contribution in [2.75, 3.05) is 7.11 Å². The van der Waals surface area contributed by atoms with Gasteiger partial charge in [0, 0.05) is 22.3 Å². The zero-order valence-electron chi connectivity index (χ0n) is 10.1. The molecule has 0 spiro atoms. The van der Waals surface area contributed by atoms with Crippen molar-refractivity contribution >= 4 is 17.4 Å². The summed E-state index contributed by atoms with van der Waals surface area (Å²) in [6.45, 7) is 1.89. The predicted molar refractivity (Wildman–Crippen MR) is 70.4 cm³/mol. The predicted octanol–water partition coefficient (Wildman–Crippen LogP) is 3.28. The summed E-state index contributed by atoms with van der Waals surface area (Å²) < 4.78 is 5.04. The number of ether oxygens (including phenoxy) is 1. The van der Waals surface area contributed by atoms with Gasteiger partial charge in [-0.15, -0.1) is 0 Å². The summed E-state index contributed by atoms with van der Waals surface area (Å²) in [5.74, 6) is 0.433. The van der Waals surface area contributed by atoms with E-state index in [1.54, 1.807) is 24.4 Å². The lowest BCUT2D eigenvalue weighted by molar-refractivity contribution is 0.103. The van der Waals surface area contributed by atoms with Crippen LogP contribution in [0, 0.1) is 6.92 Å². The fraction of sp³-hybridized carbons (Fsp3) is 0.143. The quantitative estimate of drug-likeness (QED) is 0.796. The minimum absolute atomic E-state index is 0.122. The molecule has 0 atom stereocenters. The van der Waals surface area contributed by atoms with E-state index in [0.29, 0.717) is 21.9 Å². The Hall–Kier alpha value is -1.87. The van der Waals surface area contributed by atoms with E-state index in [4.69, 9.17) is 16.3 Å². The lowest BCUT2D eigenvalue weighted by atomic mass is 10.0. The SMILES string of the molecule is COc1cncc(C(=O)c2ccc(C)c(Cl)c2)c1. The van der Waals surface area contributed by atoms with Gasteiger partial charge in [0.05, 0.1) is 13.3 Å². The molecule has 1 heterocycles. The van der Waals surface area contributed by atoms with E-state index in [1.807, 2.05) is 13.0 Å². The summed E-state index contributed by atoms with van der Waals surface area (Å²) in [4.78, 5) is 16.2. The number of ketones is 1. The van der Waals surface area contributed by atoms with E-state index >= 15 is 0 Å². The Kier molecular flexibility index (Phi) is 3.63. The molecule has 0 aliphatic heterocycles. The second-order valence-electron chi connectivity index (χ2n) is 3.91. The third kappa shape index (κ3) is 2.51. The number of carbonyl (C=O) groups is 1. The molecule has 0 radical (unpaired) electrons. The van der Waals surface area contributed by atoms with E-state index in [2.05, 4.69) is 4.98 Å². The van der Waals surface area contributed by atoms with Crippen LogP contribution in [-0.4, -0.2) is 17.9 Å². The van der Waals surface area contributed by atoms with Gasteiger partial charge in [0.25, 0.3) is 0 Å². The second kappa shape index (κ2) is 5.19. The maximum absolute atomic E-state index is 12.2. The van der Waals surface area contributed by atoms with Crippen LogP contribution in [0.2, 0.25) is 5.02 Å². The molecule has 0 saturated carbocycles. The largest absolute Gasteiger partial charge is 0.495 e. The van der Waals surface area contributed by atoms with Crippen molar-refractivity contribution in [3.05, 3.63) is 58.4 Å². The molecule has 0 aliphatic carbocycles. The zero-order valence-corrected chi connectivity index (χ0v) is 10.9. The topological polar surface area (TPSA) is 39.2 Å². The Balaban J connectivity index is 2.38. The van der Waals surface area contributed by atoms with Crippen molar-refractivity contribution in [2.24, 2.45) is 0 Å². The van der Waals surface area contributed by atoms with Crippen LogP contribution in [0.15, 0.2) is 36.7 Å². The van der Waals surface area contributed by atoms with E-state index in [0.717, 1.165) is 5.56 Å². The van der Waals surface area contributed by atoms with Crippen molar-refractivity contribution in [1.29, 1.82) is 0 Å². The molecule has 0 fully saturated rings. The fourth-order valence-electron chi connectivity index (χ4n) is 1.56. The molecule has 4 heteroatoms. The highest BCUT2D eigenvalue weighted by Crippen LogP contribution is 2.20. The first-order valence-corrected chi connectivity index (χ1v) is 5.79. The van der Waals surface area contributed by atoms with Gasteiger partial charge in [-0.3, -0.25) is 9.78 Å². The first-order chi connectivity index (χ1) is 8.61. The van der Waals surface area contributed by atoms with Gasteiger partial charge in [-0.2, -0.15) is 0 Å². The average molecular weight is 262 g/mol. The van der Waals surface area contributed by atoms with Crippen LogP contribution in [0.25, 0.3) is 0 Å². The van der Waals surface area contributed by atoms with Crippen LogP contribution in [-0.2, 0) is 0 Å². The number of halogens is 1. The molecule has 3 nitrogen and oxygen atoms in total. The van der Waals surface area contributed by atoms with Gasteiger partial charge in [0.2, 0.25) is 0 Å². The van der Waals surface area contributed by atoms with Crippen molar-refractivity contribution in [1.82, 2.24) is 4.98 Å². The van der Waals surface area contributed by atoms with E-state index < -0.39 is 0 Å². The summed E-state index contributed by atoms with van der Waals surface area (Å²) in [6.07, 6.45) is 3.07. The monoisotopic (exact) mass is 261 g/mol. The Morgan fingerprint density at radius 1 is 1.22 bits per heavy atom. The Bertz CT molecular complexity index is 596. The highest BCUT2D eigenvalue weighted by atomic mass is 35.5. The third-order valence-corrected chi connectivity index (χ3v) is 3.05. The number of pyridine rings is 1. The zero-order chi connectivity index (χ0) is 13.1. The number of benzene rings is 1. The molecular weight excluding hydrogens is 250 g/mol. The first-order valence-electron chi connectivity index (χ1n) is 5.41. The van der Waals surface area contributed by atoms with Gasteiger partial charge >= 0.3 is 0 Å². The van der Waals surface area contributed by atoms with Crippen molar-refractivity contribution < 1.29 is 9.53 Å². The standard InChI is InChI=1S/C14H12ClNO2/c1-9-3-4-10(6-13(9)15)14(17)11-5-12(18-2)8-16-7-11/h3-8H,1-2H3. The summed E-state index contributed by atoms with van der Waals surface area (Å²) >= 11 is 6.01. The normalized spacial score (nSPS) is 10.2. The number of hydrogen-bond donors (Lipinski definition) is 0. The smallest absolute Gasteiger partial charge is 0.194 e. The third-order valence-electron chi connectivity index (χ3n) is 2.65. The minimum atomic E-state index is -0.122. The lowest BCUT2D eigenvalue weighted by Crippen LogP contribution is -2.02. The highest BCUT2D eigenvalue weighted by Gasteiger charge is 2.11. The first kappa shape index (κ1) is 12.6. The number of carbonyl (C=O) groups excluding carboxylic acids is 1. The molecule has 18 heavy (non-hydrogen) atoms. The Morgan fingerprint density at radius 2 is 2.00 bits per heavy atom. The van der Waals surface area contributed by atoms with E-state index in [1.165, 1.54) is 13.3 Å². The van der Waals surface area contributed by atoms with Gasteiger partial charge in [-0.05, 0) is 24.6 Å². The molecule has 2 aromatic rings. The molecule has 0 aliphatic rings. The van der Waals surface area contributed by atoms with Crippen LogP contribution >= 0.6 is 11.6 Å². The van der Waals surface area contributed by atoms with Crippen molar-refractivity contribution in [2.45, 2.75) is 6.92 Å². The van der Waals surface area contributed by atoms with Crippen LogP contribution in [0.4, 0.5) is 0 Å². The fourth-order valence-corrected chi connectivity index (χ4v) is 1.74. The summed E-state index contributed by atoms with van der Waals surface area (Å²) in [6, 6.07) is 6.90. The molecule has 0 bridgehead atoms. The van der Waals surface area contributed by atoms with Gasteiger partial charge in [-0.25, -0.2) is 0 Å². The minimum Gasteiger partial charge on any atom is -0.495 e. The Labute approximate surface area is 110 Å². The van der Waals surface area contributed by atoms with Gasteiger partial charge < -0.3 is 4.74 Å². The average Bonchev–Trinajstić information content (AvgIpc) is 2.41. The van der Waals surface area contributed by atoms with E-state index in [-0.39, 0.29) is 5.78 Å². The molecule has 0 amide bonds. The van der Waals surface area contributed by atoms with Crippen molar-refractivity contribution in [3.8, 4) is 5.75 Å². The molecule has 0 unspecified atom stereocenters. The van der Waals surface area contributed by atoms with E-state index in [9.17, 15) is 4.79 Å². The lowest BCUT2D eigenvalue weighted by Gasteiger charge is -2.05. The van der Waals surface area contributed by atoms with Crippen LogP contribution in [0.3, 0.4) is 0 Å². The maximum atomic E-state index is 12.2. The summed E-state index contributed by atoms with van der Waals surface area (Å²) in [5, 5.41) is 0.580. The molecule has 92 valence electrons. The number of methoxy groups -OCH3 is 1. The number of nitrogens with zero attached hydrogens (tertiary/aromatic N) is 1. The molecule has 1 aromatic heterocycles. The summed E-state index contributed by atoms with van der Waals surface area (Å²) in [7, 11) is 1.54. The number of aryl methyl sites for hydroxylation is 1. The maximum Gasteiger partial charge on any atom is 0.194 e. The molecule has 1 aromatic carbocycles. The Morgan fingerprint density at radius 3 is 2.67 bits per heavy atom. The number of hydrogen-bond acceptors (Lipinski definition) is 3. The van der Waals surface area contributed by atoms with Crippen LogP contribution in [0.5, 0.6) is 5.75 Å². The van der Waals surface area contributed by atoms with Gasteiger partial charge in [0.15, 0.2) is 5.78 Å². The summed E-state index contributed by atoms with van der Waals surface area (Å²) in [5.41, 5.74) is 1.96. The van der Waals surface area contributed by atoms with Gasteiger partial charge in [-0.1, -0.05) is 23.7 Å². The molecule has 2 rings (SSSR count). The number of aromatic nitrogens is 1. The number of rotatable bonds is 3. The van der Waals surface area contributed by atoms with Crippen molar-refractivity contribution in [3.63, 3.8) is 0 Å². The highest BCUT2D eigenvalue weighted by molar-refractivity contribution is 6.31. The second-order valence-corrected chi connectivity index (χ2v) is 4.31. The molecule has 0 N–H and O–H groups in total. The molecule has 0 saturated heterocycles. The van der Waals surface area contributed by atoms with Gasteiger partial charge in [0.1, 0.15) is 5.75 Å². The van der Waals surface area contributed by atoms with Crippen LogP contribution in [0.1, 0.15) is 21.5 Å². The van der Waals surface area contributed by atoms with Crippen LogP contribution < -0.4 is 4.74 Å². The molecular formula is C14H12ClNO2.